The quantitative estimate of drug-likeness (QED) is 0.368. The first-order chi connectivity index (χ1) is 15.0. The molecule has 1 aliphatic rings. The van der Waals surface area contributed by atoms with Crippen molar-refractivity contribution in [3.63, 3.8) is 0 Å². The van der Waals surface area contributed by atoms with Crippen molar-refractivity contribution in [3.05, 3.63) is 45.2 Å². The smallest absolute Gasteiger partial charge is 0.340 e. The Labute approximate surface area is 197 Å². The number of ether oxygens (including phenoxy) is 3. The lowest BCUT2D eigenvalue weighted by Crippen LogP contribution is -2.31. The van der Waals surface area contributed by atoms with E-state index in [0.29, 0.717) is 34.2 Å². The molecule has 2 heterocycles. The van der Waals surface area contributed by atoms with E-state index in [4.69, 9.17) is 14.2 Å². The molecule has 1 aromatic heterocycles. The Morgan fingerprint density at radius 3 is 2.62 bits per heavy atom. The summed E-state index contributed by atoms with van der Waals surface area (Å²) in [5, 5.41) is 0. The molecule has 1 aliphatic heterocycles. The predicted molar refractivity (Wildman–Crippen MR) is 126 cm³/mol. The fourth-order valence-corrected chi connectivity index (χ4v) is 4.41. The van der Waals surface area contributed by atoms with E-state index < -0.39 is 17.7 Å². The Bertz CT molecular complexity index is 1030. The topological polar surface area (TPSA) is 74.7 Å². The van der Waals surface area contributed by atoms with Crippen molar-refractivity contribution in [3.8, 4) is 16.9 Å². The summed E-state index contributed by atoms with van der Waals surface area (Å²) < 4.78 is 18.0. The van der Waals surface area contributed by atoms with Gasteiger partial charge in [0.2, 0.25) is 0 Å². The third kappa shape index (κ3) is 5.38. The van der Waals surface area contributed by atoms with Gasteiger partial charge in [0.05, 0.1) is 22.8 Å². The summed E-state index contributed by atoms with van der Waals surface area (Å²) in [6.45, 7) is 11.7. The number of benzene rings is 1. The molecule has 1 unspecified atom stereocenters. The van der Waals surface area contributed by atoms with Crippen LogP contribution in [0.3, 0.4) is 0 Å². The Balaban J connectivity index is 2.27. The number of nitrogens with zero attached hydrogens (tertiary/aromatic N) is 1. The van der Waals surface area contributed by atoms with Gasteiger partial charge in [-0.2, -0.15) is 0 Å². The van der Waals surface area contributed by atoms with Crippen LogP contribution < -0.4 is 4.74 Å². The van der Waals surface area contributed by atoms with Crippen LogP contribution in [0.15, 0.2) is 22.7 Å². The first-order valence-electron chi connectivity index (χ1n) is 10.8. The lowest BCUT2D eigenvalue weighted by molar-refractivity contribution is -0.171. The molecule has 0 N–H and O–H groups in total. The second-order valence-corrected chi connectivity index (χ2v) is 9.97. The van der Waals surface area contributed by atoms with Crippen LogP contribution in [-0.2, 0) is 20.7 Å². The molecule has 3 rings (SSSR count). The molecule has 0 saturated heterocycles. The van der Waals surface area contributed by atoms with Crippen LogP contribution in [-0.4, -0.2) is 35.6 Å². The zero-order valence-electron chi connectivity index (χ0n) is 19.5. The van der Waals surface area contributed by atoms with Crippen LogP contribution in [0.1, 0.15) is 74.5 Å². The molecule has 1 atom stereocenters. The standard InChI is InChI=1S/C25H30BrNO5/c1-14(2)31-24(29)23(32-25(4,5)6)20-15(3)27-18(13-28)22(26)21(20)17-9-10-19-16(12-17)8-7-11-30-19/h9-10,12-14,23H,7-8,11H2,1-6H3. The number of aromatic nitrogens is 1. The molecule has 6 nitrogen and oxygen atoms in total. The first-order valence-corrected chi connectivity index (χ1v) is 11.6. The highest BCUT2D eigenvalue weighted by Gasteiger charge is 2.35. The number of carbonyl (C=O) groups excluding carboxylic acids is 2. The molecular formula is C25H30BrNO5. The van der Waals surface area contributed by atoms with Crippen molar-refractivity contribution in [2.75, 3.05) is 6.61 Å². The van der Waals surface area contributed by atoms with Crippen molar-refractivity contribution in [1.29, 1.82) is 0 Å². The van der Waals surface area contributed by atoms with Gasteiger partial charge >= 0.3 is 5.97 Å². The van der Waals surface area contributed by atoms with E-state index in [1.807, 2.05) is 39.0 Å². The minimum absolute atomic E-state index is 0.266. The number of halogens is 1. The van der Waals surface area contributed by atoms with Gasteiger partial charge in [0.25, 0.3) is 0 Å². The Kier molecular flexibility index (Phi) is 7.40. The van der Waals surface area contributed by atoms with Gasteiger partial charge in [-0.15, -0.1) is 0 Å². The van der Waals surface area contributed by atoms with Gasteiger partial charge in [0.1, 0.15) is 11.4 Å². The van der Waals surface area contributed by atoms with Gasteiger partial charge < -0.3 is 14.2 Å². The van der Waals surface area contributed by atoms with E-state index in [9.17, 15) is 9.59 Å². The summed E-state index contributed by atoms with van der Waals surface area (Å²) in [4.78, 5) is 29.4. The second kappa shape index (κ2) is 9.71. The fourth-order valence-electron chi connectivity index (χ4n) is 3.79. The van der Waals surface area contributed by atoms with Gasteiger partial charge in [0, 0.05) is 16.8 Å². The maximum Gasteiger partial charge on any atom is 0.340 e. The van der Waals surface area contributed by atoms with Crippen molar-refractivity contribution in [1.82, 2.24) is 4.98 Å². The predicted octanol–water partition coefficient (Wildman–Crippen LogP) is 5.76. The molecule has 0 bridgehead atoms. The number of fused-ring (bicyclic) bond motifs is 1. The fraction of sp³-hybridized carbons (Fsp3) is 0.480. The maximum absolute atomic E-state index is 13.2. The highest BCUT2D eigenvalue weighted by molar-refractivity contribution is 9.10. The van der Waals surface area contributed by atoms with Crippen molar-refractivity contribution < 1.29 is 23.8 Å². The zero-order chi connectivity index (χ0) is 23.6. The number of aldehydes is 1. The van der Waals surface area contributed by atoms with Gasteiger partial charge in [-0.1, -0.05) is 6.07 Å². The Morgan fingerprint density at radius 1 is 1.28 bits per heavy atom. The van der Waals surface area contributed by atoms with Gasteiger partial charge in [-0.05, 0) is 93.6 Å². The summed E-state index contributed by atoms with van der Waals surface area (Å²) >= 11 is 3.57. The molecule has 0 radical (unpaired) electrons. The molecule has 0 saturated carbocycles. The van der Waals surface area contributed by atoms with Gasteiger partial charge in [-0.25, -0.2) is 9.78 Å². The summed E-state index contributed by atoms with van der Waals surface area (Å²) in [5.41, 5.74) is 3.40. The summed E-state index contributed by atoms with van der Waals surface area (Å²) in [6, 6.07) is 5.92. The van der Waals surface area contributed by atoms with Crippen molar-refractivity contribution in [2.24, 2.45) is 0 Å². The number of hydrogen-bond donors (Lipinski definition) is 0. The third-order valence-electron chi connectivity index (χ3n) is 5.00. The Morgan fingerprint density at radius 2 is 2.00 bits per heavy atom. The van der Waals surface area contributed by atoms with Crippen LogP contribution in [0.2, 0.25) is 0 Å². The minimum atomic E-state index is -1.01. The van der Waals surface area contributed by atoms with Crippen LogP contribution in [0.25, 0.3) is 11.1 Å². The number of carbonyl (C=O) groups is 2. The van der Waals surface area contributed by atoms with Gasteiger partial charge in [-0.3, -0.25) is 4.79 Å². The third-order valence-corrected chi connectivity index (χ3v) is 5.80. The molecule has 172 valence electrons. The summed E-state index contributed by atoms with van der Waals surface area (Å²) in [6.07, 6.45) is 1.24. The first kappa shape index (κ1) is 24.4. The van der Waals surface area contributed by atoms with Crippen molar-refractivity contribution >= 4 is 28.2 Å². The van der Waals surface area contributed by atoms with E-state index in [1.165, 1.54) is 0 Å². The monoisotopic (exact) mass is 503 g/mol. The van der Waals surface area contributed by atoms with E-state index >= 15 is 0 Å². The van der Waals surface area contributed by atoms with E-state index in [1.54, 1.807) is 20.8 Å². The molecule has 2 aromatic rings. The number of rotatable bonds is 6. The maximum atomic E-state index is 13.2. The normalized spacial score (nSPS) is 14.5. The van der Waals surface area contributed by atoms with E-state index in [2.05, 4.69) is 20.9 Å². The average Bonchev–Trinajstić information content (AvgIpc) is 2.71. The molecule has 0 fully saturated rings. The molecule has 1 aromatic carbocycles. The molecule has 32 heavy (non-hydrogen) atoms. The van der Waals surface area contributed by atoms with Crippen LogP contribution >= 0.6 is 15.9 Å². The number of esters is 1. The van der Waals surface area contributed by atoms with E-state index in [-0.39, 0.29) is 11.8 Å². The lowest BCUT2D eigenvalue weighted by Gasteiger charge is -2.30. The number of aryl methyl sites for hydroxylation is 2. The summed E-state index contributed by atoms with van der Waals surface area (Å²) in [7, 11) is 0. The van der Waals surface area contributed by atoms with Crippen LogP contribution in [0, 0.1) is 6.92 Å². The lowest BCUT2D eigenvalue weighted by atomic mass is 9.91. The van der Waals surface area contributed by atoms with Gasteiger partial charge in [0.15, 0.2) is 12.4 Å². The highest BCUT2D eigenvalue weighted by atomic mass is 79.9. The highest BCUT2D eigenvalue weighted by Crippen LogP contribution is 2.42. The largest absolute Gasteiger partial charge is 0.493 e. The van der Waals surface area contributed by atoms with Crippen LogP contribution in [0.4, 0.5) is 0 Å². The molecule has 0 aliphatic carbocycles. The molecule has 0 amide bonds. The molecule has 7 heteroatoms. The zero-order valence-corrected chi connectivity index (χ0v) is 21.0. The molecule has 0 spiro atoms. The van der Waals surface area contributed by atoms with Crippen LogP contribution in [0.5, 0.6) is 5.75 Å². The van der Waals surface area contributed by atoms with E-state index in [0.717, 1.165) is 29.7 Å². The number of pyridine rings is 1. The second-order valence-electron chi connectivity index (χ2n) is 9.17. The average molecular weight is 504 g/mol. The molecular weight excluding hydrogens is 474 g/mol. The summed E-state index contributed by atoms with van der Waals surface area (Å²) in [5.74, 6) is 0.369. The Hall–Kier alpha value is -2.25. The van der Waals surface area contributed by atoms with Crippen molar-refractivity contribution in [2.45, 2.75) is 72.2 Å². The SMILES string of the molecule is Cc1nc(C=O)c(Br)c(-c2ccc3c(c2)CCCO3)c1C(OC(C)(C)C)C(=O)OC(C)C. The number of hydrogen-bond acceptors (Lipinski definition) is 6. The minimum Gasteiger partial charge on any atom is -0.493 e.